The van der Waals surface area contributed by atoms with Crippen molar-refractivity contribution in [2.45, 2.75) is 0 Å². The Morgan fingerprint density at radius 2 is 2.31 bits per heavy atom. The lowest BCUT2D eigenvalue weighted by atomic mass is 10.2. The minimum atomic E-state index is -0.619. The largest absolute Gasteiger partial charge is 0.397 e. The highest BCUT2D eigenvalue weighted by atomic mass is 19.1. The molecule has 8 heteroatoms. The highest BCUT2D eigenvalue weighted by Crippen LogP contribution is 2.19. The second-order valence-corrected chi connectivity index (χ2v) is 2.92. The van der Waals surface area contributed by atoms with Crippen LogP contribution in [-0.2, 0) is 0 Å². The molecule has 0 aliphatic rings. The van der Waals surface area contributed by atoms with Crippen LogP contribution in [-0.4, -0.2) is 26.5 Å². The highest BCUT2D eigenvalue weighted by molar-refractivity contribution is 6.03. The molecule has 0 spiro atoms. The van der Waals surface area contributed by atoms with E-state index in [4.69, 9.17) is 5.73 Å². The van der Waals surface area contributed by atoms with Gasteiger partial charge in [-0.25, -0.2) is 4.39 Å². The Balaban J connectivity index is 2.21. The van der Waals surface area contributed by atoms with Crippen LogP contribution in [0.5, 0.6) is 0 Å². The Morgan fingerprint density at radius 1 is 1.50 bits per heavy atom. The summed E-state index contributed by atoms with van der Waals surface area (Å²) >= 11 is 0. The van der Waals surface area contributed by atoms with Gasteiger partial charge in [0.05, 0.1) is 11.4 Å². The van der Waals surface area contributed by atoms with Gasteiger partial charge in [-0.15, -0.1) is 10.2 Å². The van der Waals surface area contributed by atoms with Crippen molar-refractivity contribution >= 4 is 17.3 Å². The van der Waals surface area contributed by atoms with Gasteiger partial charge < -0.3 is 11.1 Å². The van der Waals surface area contributed by atoms with Crippen molar-refractivity contribution in [2.24, 2.45) is 0 Å². The molecule has 1 aromatic heterocycles. The Labute approximate surface area is 88.8 Å². The number of amides is 1. The van der Waals surface area contributed by atoms with Gasteiger partial charge in [-0.1, -0.05) is 0 Å². The summed E-state index contributed by atoms with van der Waals surface area (Å²) in [6, 6.07) is 3.65. The second-order valence-electron chi connectivity index (χ2n) is 2.92. The summed E-state index contributed by atoms with van der Waals surface area (Å²) in [7, 11) is 0. The topological polar surface area (TPSA) is 110 Å². The van der Waals surface area contributed by atoms with Crippen molar-refractivity contribution in [3.63, 3.8) is 0 Å². The van der Waals surface area contributed by atoms with E-state index in [-0.39, 0.29) is 17.2 Å². The number of H-pyrrole nitrogens is 1. The molecule has 82 valence electrons. The molecule has 16 heavy (non-hydrogen) atoms. The molecule has 2 aromatic rings. The van der Waals surface area contributed by atoms with Gasteiger partial charge in [0.15, 0.2) is 0 Å². The summed E-state index contributed by atoms with van der Waals surface area (Å²) in [5.41, 5.74) is 5.96. The zero-order chi connectivity index (χ0) is 11.5. The van der Waals surface area contributed by atoms with Crippen molar-refractivity contribution in [2.75, 3.05) is 11.1 Å². The van der Waals surface area contributed by atoms with E-state index in [1.165, 1.54) is 12.1 Å². The molecule has 0 bridgehead atoms. The number of tetrazole rings is 1. The summed E-state index contributed by atoms with van der Waals surface area (Å²) < 4.78 is 12.9. The molecule has 0 aliphatic carbocycles. The maximum Gasteiger partial charge on any atom is 0.297 e. The van der Waals surface area contributed by atoms with Gasteiger partial charge in [-0.2, -0.15) is 5.21 Å². The minimum Gasteiger partial charge on any atom is -0.397 e. The lowest BCUT2D eigenvalue weighted by molar-refractivity contribution is 0.101. The number of aromatic nitrogens is 4. The number of anilines is 2. The number of halogens is 1. The van der Waals surface area contributed by atoms with E-state index in [2.05, 4.69) is 25.9 Å². The molecule has 0 saturated heterocycles. The fourth-order valence-electron chi connectivity index (χ4n) is 1.07. The number of nitrogen functional groups attached to an aromatic ring is 1. The third-order valence-electron chi connectivity index (χ3n) is 1.81. The molecular formula is C8H7FN6O. The van der Waals surface area contributed by atoms with Crippen LogP contribution in [0.3, 0.4) is 0 Å². The molecule has 0 atom stereocenters. The van der Waals surface area contributed by atoms with Crippen molar-refractivity contribution in [3.05, 3.63) is 29.8 Å². The molecule has 1 aromatic carbocycles. The van der Waals surface area contributed by atoms with Gasteiger partial charge in [0.1, 0.15) is 5.82 Å². The number of rotatable bonds is 2. The number of nitrogens with zero attached hydrogens (tertiary/aromatic N) is 3. The first-order valence-electron chi connectivity index (χ1n) is 4.26. The average Bonchev–Trinajstić information content (AvgIpc) is 2.76. The Bertz CT molecular complexity index is 511. The molecule has 0 aliphatic heterocycles. The standard InChI is InChI=1S/C8H7FN6O/c9-4-1-2-5(10)6(3-4)11-8(16)7-12-14-15-13-7/h1-3H,10H2,(H,11,16)(H,12,13,14,15). The molecule has 0 radical (unpaired) electrons. The third kappa shape index (κ3) is 1.95. The zero-order valence-corrected chi connectivity index (χ0v) is 7.94. The Morgan fingerprint density at radius 3 is 3.00 bits per heavy atom. The van der Waals surface area contributed by atoms with Gasteiger partial charge in [0.25, 0.3) is 11.7 Å². The van der Waals surface area contributed by atoms with Crippen LogP contribution < -0.4 is 11.1 Å². The fourth-order valence-corrected chi connectivity index (χ4v) is 1.07. The van der Waals surface area contributed by atoms with Crippen LogP contribution in [0.15, 0.2) is 18.2 Å². The van der Waals surface area contributed by atoms with Crippen LogP contribution >= 0.6 is 0 Å². The lowest BCUT2D eigenvalue weighted by Crippen LogP contribution is -2.15. The van der Waals surface area contributed by atoms with E-state index < -0.39 is 11.7 Å². The Kier molecular flexibility index (Phi) is 2.46. The van der Waals surface area contributed by atoms with E-state index in [0.29, 0.717) is 0 Å². The minimum absolute atomic E-state index is 0.149. The van der Waals surface area contributed by atoms with E-state index >= 15 is 0 Å². The summed E-state index contributed by atoms with van der Waals surface area (Å²) in [5, 5.41) is 14.7. The van der Waals surface area contributed by atoms with Crippen molar-refractivity contribution in [1.82, 2.24) is 20.6 Å². The maximum absolute atomic E-state index is 12.9. The molecule has 7 nitrogen and oxygen atoms in total. The quantitative estimate of drug-likeness (QED) is 0.627. The van der Waals surface area contributed by atoms with E-state index in [1.54, 1.807) is 0 Å². The van der Waals surface area contributed by atoms with E-state index in [0.717, 1.165) is 6.07 Å². The fraction of sp³-hybridized carbons (Fsp3) is 0. The predicted molar refractivity (Wildman–Crippen MR) is 52.9 cm³/mol. The molecule has 0 saturated carbocycles. The van der Waals surface area contributed by atoms with Crippen LogP contribution in [0.2, 0.25) is 0 Å². The number of carbonyl (C=O) groups excluding carboxylic acids is 1. The molecular weight excluding hydrogens is 215 g/mol. The van der Waals surface area contributed by atoms with Crippen LogP contribution in [0.4, 0.5) is 15.8 Å². The second kappa shape index (κ2) is 3.93. The number of carbonyl (C=O) groups is 1. The number of nitrogens with one attached hydrogen (secondary N) is 2. The number of aromatic amines is 1. The molecule has 2 rings (SSSR count). The van der Waals surface area contributed by atoms with Gasteiger partial charge >= 0.3 is 0 Å². The molecule has 0 unspecified atom stereocenters. The number of hydrogen-bond donors (Lipinski definition) is 3. The van der Waals surface area contributed by atoms with E-state index in [9.17, 15) is 9.18 Å². The normalized spacial score (nSPS) is 10.1. The third-order valence-corrected chi connectivity index (χ3v) is 1.81. The number of nitrogens with two attached hydrogens (primary N) is 1. The van der Waals surface area contributed by atoms with Gasteiger partial charge in [0.2, 0.25) is 0 Å². The Hall–Kier alpha value is -2.51. The van der Waals surface area contributed by atoms with Crippen molar-refractivity contribution in [1.29, 1.82) is 0 Å². The SMILES string of the molecule is Nc1ccc(F)cc1NC(=O)c1nn[nH]n1. The first-order chi connectivity index (χ1) is 7.66. The zero-order valence-electron chi connectivity index (χ0n) is 7.94. The predicted octanol–water partition coefficient (Wildman–Crippen LogP) is 0.173. The summed E-state index contributed by atoms with van der Waals surface area (Å²) in [4.78, 5) is 11.5. The number of benzene rings is 1. The summed E-state index contributed by atoms with van der Waals surface area (Å²) in [6.45, 7) is 0. The first-order valence-corrected chi connectivity index (χ1v) is 4.26. The molecule has 1 heterocycles. The van der Waals surface area contributed by atoms with Crippen molar-refractivity contribution < 1.29 is 9.18 Å². The molecule has 1 amide bonds. The van der Waals surface area contributed by atoms with Crippen LogP contribution in [0.25, 0.3) is 0 Å². The van der Waals surface area contributed by atoms with Crippen molar-refractivity contribution in [3.8, 4) is 0 Å². The van der Waals surface area contributed by atoms with Gasteiger partial charge in [-0.05, 0) is 23.4 Å². The van der Waals surface area contributed by atoms with Gasteiger partial charge in [0, 0.05) is 0 Å². The maximum atomic E-state index is 12.9. The monoisotopic (exact) mass is 222 g/mol. The highest BCUT2D eigenvalue weighted by Gasteiger charge is 2.12. The first kappa shape index (κ1) is 10.0. The summed E-state index contributed by atoms with van der Waals surface area (Å²) in [6.07, 6.45) is 0. The summed E-state index contributed by atoms with van der Waals surface area (Å²) in [5.74, 6) is -1.27. The van der Waals surface area contributed by atoms with E-state index in [1.807, 2.05) is 0 Å². The smallest absolute Gasteiger partial charge is 0.297 e. The average molecular weight is 222 g/mol. The molecule has 0 fully saturated rings. The lowest BCUT2D eigenvalue weighted by Gasteiger charge is -2.05. The van der Waals surface area contributed by atoms with Gasteiger partial charge in [-0.3, -0.25) is 4.79 Å². The number of hydrogen-bond acceptors (Lipinski definition) is 5. The van der Waals surface area contributed by atoms with Crippen LogP contribution in [0.1, 0.15) is 10.6 Å². The molecule has 4 N–H and O–H groups in total. The van der Waals surface area contributed by atoms with Crippen LogP contribution in [0, 0.1) is 5.82 Å².